The van der Waals surface area contributed by atoms with Gasteiger partial charge < -0.3 is 16.9 Å². The second-order valence-electron chi connectivity index (χ2n) is 5.37. The van der Waals surface area contributed by atoms with Gasteiger partial charge in [0.1, 0.15) is 5.82 Å². The Morgan fingerprint density at radius 2 is 2.00 bits per heavy atom. The predicted molar refractivity (Wildman–Crippen MR) is 92.0 cm³/mol. The number of nitrogen functional groups attached to an aromatic ring is 3. The summed E-state index contributed by atoms with van der Waals surface area (Å²) in [7, 11) is 0. The Labute approximate surface area is 134 Å². The Balaban J connectivity index is 1.91. The molecule has 7 N–H and O–H groups in total. The molecular formula is C16H19N7. The maximum atomic E-state index is 6.06. The van der Waals surface area contributed by atoms with Crippen molar-refractivity contribution in [1.29, 1.82) is 0 Å². The third-order valence-corrected chi connectivity index (χ3v) is 3.69. The van der Waals surface area contributed by atoms with Crippen molar-refractivity contribution in [3.05, 3.63) is 59.4 Å². The lowest BCUT2D eigenvalue weighted by Gasteiger charge is -2.10. The summed E-state index contributed by atoms with van der Waals surface area (Å²) in [6.45, 7) is 2.05. The van der Waals surface area contributed by atoms with E-state index in [4.69, 9.17) is 17.3 Å². The molecule has 0 aliphatic rings. The van der Waals surface area contributed by atoms with Crippen LogP contribution >= 0.6 is 0 Å². The fraction of sp³-hybridized carbons (Fsp3) is 0.125. The first-order valence-electron chi connectivity index (χ1n) is 7.19. The second kappa shape index (κ2) is 5.98. The summed E-state index contributed by atoms with van der Waals surface area (Å²) in [5.41, 5.74) is 18.9. The first kappa shape index (κ1) is 14.9. The smallest absolute Gasteiger partial charge is 0.165 e. The molecule has 2 heterocycles. The number of hydrogen-bond donors (Lipinski definition) is 4. The van der Waals surface area contributed by atoms with Gasteiger partial charge >= 0.3 is 0 Å². The number of hydrazine groups is 1. The van der Waals surface area contributed by atoms with Gasteiger partial charge in [-0.05, 0) is 35.7 Å². The van der Waals surface area contributed by atoms with Crippen molar-refractivity contribution in [3.8, 4) is 5.69 Å². The standard InChI is InChI=1S/C16H19N7/c1-10-4-2-3-5-13(10)23-9-11(8-20-23)6-12-7-14(17)21-16(22-19)15(12)18/h2-5,7-9H,6,18-19H2,1H3,(H3,17,21,22). The fourth-order valence-corrected chi connectivity index (χ4v) is 2.51. The van der Waals surface area contributed by atoms with Crippen LogP contribution in [0.2, 0.25) is 0 Å². The summed E-state index contributed by atoms with van der Waals surface area (Å²) in [5, 5.41) is 4.43. The number of rotatable bonds is 4. The highest BCUT2D eigenvalue weighted by Gasteiger charge is 2.10. The second-order valence-corrected chi connectivity index (χ2v) is 5.37. The summed E-state index contributed by atoms with van der Waals surface area (Å²) < 4.78 is 1.85. The lowest BCUT2D eigenvalue weighted by molar-refractivity contribution is 0.872. The van der Waals surface area contributed by atoms with E-state index in [1.165, 1.54) is 0 Å². The van der Waals surface area contributed by atoms with Crippen molar-refractivity contribution < 1.29 is 0 Å². The summed E-state index contributed by atoms with van der Waals surface area (Å²) in [6, 6.07) is 9.83. The highest BCUT2D eigenvalue weighted by molar-refractivity contribution is 5.68. The molecule has 1 aromatic carbocycles. The summed E-state index contributed by atoms with van der Waals surface area (Å²) in [5.74, 6) is 6.16. The summed E-state index contributed by atoms with van der Waals surface area (Å²) in [6.07, 6.45) is 4.39. The molecule has 2 aromatic heterocycles. The molecule has 23 heavy (non-hydrogen) atoms. The zero-order valence-corrected chi connectivity index (χ0v) is 12.8. The number of benzene rings is 1. The molecule has 0 aliphatic heterocycles. The van der Waals surface area contributed by atoms with Gasteiger partial charge in [-0.25, -0.2) is 15.5 Å². The van der Waals surface area contributed by atoms with Crippen molar-refractivity contribution in [3.63, 3.8) is 0 Å². The quantitative estimate of drug-likeness (QED) is 0.429. The summed E-state index contributed by atoms with van der Waals surface area (Å²) >= 11 is 0. The Hall–Kier alpha value is -3.06. The van der Waals surface area contributed by atoms with E-state index >= 15 is 0 Å². The van der Waals surface area contributed by atoms with Crippen molar-refractivity contribution >= 4 is 17.3 Å². The van der Waals surface area contributed by atoms with Crippen LogP contribution in [0.25, 0.3) is 5.69 Å². The van der Waals surface area contributed by atoms with Gasteiger partial charge in [0.2, 0.25) is 0 Å². The molecule has 3 aromatic rings. The van der Waals surface area contributed by atoms with E-state index in [9.17, 15) is 0 Å². The minimum Gasteiger partial charge on any atom is -0.395 e. The van der Waals surface area contributed by atoms with Crippen LogP contribution in [0.4, 0.5) is 17.3 Å². The minimum absolute atomic E-state index is 0.369. The molecule has 0 spiro atoms. The Morgan fingerprint density at radius 1 is 1.22 bits per heavy atom. The predicted octanol–water partition coefficient (Wildman–Crippen LogP) is 1.62. The molecule has 0 amide bonds. The van der Waals surface area contributed by atoms with Gasteiger partial charge in [0.15, 0.2) is 5.82 Å². The van der Waals surface area contributed by atoms with Crippen LogP contribution in [-0.2, 0) is 6.42 Å². The monoisotopic (exact) mass is 309 g/mol. The van der Waals surface area contributed by atoms with Crippen molar-refractivity contribution in [1.82, 2.24) is 14.8 Å². The molecule has 0 aliphatic carbocycles. The van der Waals surface area contributed by atoms with Crippen LogP contribution in [0.1, 0.15) is 16.7 Å². The third-order valence-electron chi connectivity index (χ3n) is 3.69. The normalized spacial score (nSPS) is 10.7. The number of aromatic nitrogens is 3. The van der Waals surface area contributed by atoms with E-state index in [0.29, 0.717) is 23.7 Å². The van der Waals surface area contributed by atoms with E-state index in [-0.39, 0.29) is 0 Å². The third kappa shape index (κ3) is 2.95. The Bertz CT molecular complexity index is 838. The van der Waals surface area contributed by atoms with Crippen LogP contribution < -0.4 is 22.7 Å². The average Bonchev–Trinajstić information content (AvgIpc) is 2.99. The van der Waals surface area contributed by atoms with Crippen LogP contribution in [-0.4, -0.2) is 14.8 Å². The first-order valence-corrected chi connectivity index (χ1v) is 7.19. The topological polar surface area (TPSA) is 121 Å². The lowest BCUT2D eigenvalue weighted by Crippen LogP contribution is -2.13. The number of para-hydroxylation sites is 1. The van der Waals surface area contributed by atoms with Gasteiger partial charge in [-0.15, -0.1) is 0 Å². The highest BCUT2D eigenvalue weighted by atomic mass is 15.3. The van der Waals surface area contributed by atoms with E-state index in [2.05, 4.69) is 28.5 Å². The molecule has 0 unspecified atom stereocenters. The molecule has 0 fully saturated rings. The summed E-state index contributed by atoms with van der Waals surface area (Å²) in [4.78, 5) is 4.05. The van der Waals surface area contributed by atoms with Gasteiger partial charge in [-0.1, -0.05) is 18.2 Å². The van der Waals surface area contributed by atoms with Gasteiger partial charge in [0.05, 0.1) is 17.6 Å². The number of pyridine rings is 1. The fourth-order valence-electron chi connectivity index (χ4n) is 2.51. The molecule has 0 saturated carbocycles. The lowest BCUT2D eigenvalue weighted by atomic mass is 10.1. The van der Waals surface area contributed by atoms with Crippen molar-refractivity contribution in [2.24, 2.45) is 5.84 Å². The number of anilines is 3. The first-order chi connectivity index (χ1) is 11.1. The Morgan fingerprint density at radius 3 is 2.74 bits per heavy atom. The highest BCUT2D eigenvalue weighted by Crippen LogP contribution is 2.25. The van der Waals surface area contributed by atoms with E-state index < -0.39 is 0 Å². The van der Waals surface area contributed by atoms with Crippen LogP contribution in [0.5, 0.6) is 0 Å². The van der Waals surface area contributed by atoms with Crippen LogP contribution in [0.3, 0.4) is 0 Å². The molecule has 0 saturated heterocycles. The number of hydrogen-bond acceptors (Lipinski definition) is 6. The van der Waals surface area contributed by atoms with Crippen molar-refractivity contribution in [2.45, 2.75) is 13.3 Å². The molecular weight excluding hydrogens is 290 g/mol. The van der Waals surface area contributed by atoms with Crippen LogP contribution in [0.15, 0.2) is 42.7 Å². The van der Waals surface area contributed by atoms with Gasteiger partial charge in [0, 0.05) is 12.6 Å². The van der Waals surface area contributed by atoms with Gasteiger partial charge in [-0.3, -0.25) is 0 Å². The molecule has 0 radical (unpaired) electrons. The van der Waals surface area contributed by atoms with Gasteiger partial charge in [-0.2, -0.15) is 5.10 Å². The maximum absolute atomic E-state index is 6.06. The molecule has 0 bridgehead atoms. The van der Waals surface area contributed by atoms with Gasteiger partial charge in [0.25, 0.3) is 0 Å². The Kier molecular flexibility index (Phi) is 3.86. The van der Waals surface area contributed by atoms with E-state index in [1.807, 2.05) is 35.3 Å². The number of nitrogens with one attached hydrogen (secondary N) is 1. The van der Waals surface area contributed by atoms with Crippen LogP contribution in [0, 0.1) is 6.92 Å². The largest absolute Gasteiger partial charge is 0.395 e. The number of aryl methyl sites for hydroxylation is 1. The van der Waals surface area contributed by atoms with E-state index in [1.54, 1.807) is 6.07 Å². The SMILES string of the molecule is Cc1ccccc1-n1cc(Cc2cc(N)nc(NN)c2N)cn1. The maximum Gasteiger partial charge on any atom is 0.165 e. The molecule has 3 rings (SSSR count). The zero-order valence-electron chi connectivity index (χ0n) is 12.8. The number of nitrogens with two attached hydrogens (primary N) is 3. The average molecular weight is 309 g/mol. The molecule has 7 nitrogen and oxygen atoms in total. The zero-order chi connectivity index (χ0) is 16.4. The van der Waals surface area contributed by atoms with Crippen molar-refractivity contribution in [2.75, 3.05) is 16.9 Å². The molecule has 0 atom stereocenters. The minimum atomic E-state index is 0.369. The molecule has 118 valence electrons. The molecule has 7 heteroatoms. The number of nitrogens with zero attached hydrogens (tertiary/aromatic N) is 3. The van der Waals surface area contributed by atoms with E-state index in [0.717, 1.165) is 22.4 Å².